The highest BCUT2D eigenvalue weighted by Crippen LogP contribution is 2.08. The predicted molar refractivity (Wildman–Crippen MR) is 78.7 cm³/mol. The predicted octanol–water partition coefficient (Wildman–Crippen LogP) is 1.08. The second-order valence-corrected chi connectivity index (χ2v) is 4.83. The van der Waals surface area contributed by atoms with E-state index in [0.29, 0.717) is 12.1 Å². The number of nitrogens with one attached hydrogen (secondary N) is 1. The van der Waals surface area contributed by atoms with E-state index in [-0.39, 0.29) is 5.56 Å². The zero-order valence-electron chi connectivity index (χ0n) is 11.5. The zero-order chi connectivity index (χ0) is 14.8. The van der Waals surface area contributed by atoms with E-state index in [1.165, 1.54) is 4.57 Å². The fraction of sp³-hybridized carbons (Fsp3) is 0.133. The van der Waals surface area contributed by atoms with E-state index in [1.54, 1.807) is 24.0 Å². The summed E-state index contributed by atoms with van der Waals surface area (Å²) in [6, 6.07) is 9.72. The molecule has 0 radical (unpaired) electrons. The van der Waals surface area contributed by atoms with Crippen LogP contribution in [0, 0.1) is 6.92 Å². The summed E-state index contributed by atoms with van der Waals surface area (Å²) in [5.41, 5.74) is 1.57. The SMILES string of the molecule is Cc1cn(Cc2cnn(-c3ccccc3)c2)c(=O)[nH]c1=O. The maximum Gasteiger partial charge on any atom is 0.328 e. The van der Waals surface area contributed by atoms with Crippen molar-refractivity contribution in [1.29, 1.82) is 0 Å². The van der Waals surface area contributed by atoms with Crippen molar-refractivity contribution >= 4 is 0 Å². The summed E-state index contributed by atoms with van der Waals surface area (Å²) in [6.07, 6.45) is 5.13. The lowest BCUT2D eigenvalue weighted by Gasteiger charge is -2.03. The van der Waals surface area contributed by atoms with Gasteiger partial charge in [0.25, 0.3) is 5.56 Å². The molecule has 0 saturated carbocycles. The van der Waals surface area contributed by atoms with Gasteiger partial charge in [-0.05, 0) is 19.1 Å². The number of H-pyrrole nitrogens is 1. The van der Waals surface area contributed by atoms with Gasteiger partial charge in [0, 0.05) is 23.5 Å². The van der Waals surface area contributed by atoms with Crippen molar-refractivity contribution in [2.75, 3.05) is 0 Å². The molecule has 3 aromatic rings. The molecule has 1 aromatic carbocycles. The van der Waals surface area contributed by atoms with Crippen molar-refractivity contribution in [2.24, 2.45) is 0 Å². The van der Waals surface area contributed by atoms with Gasteiger partial charge in [0.2, 0.25) is 0 Å². The first-order valence-electron chi connectivity index (χ1n) is 6.53. The van der Waals surface area contributed by atoms with E-state index in [9.17, 15) is 9.59 Å². The average molecular weight is 282 g/mol. The molecule has 1 N–H and O–H groups in total. The summed E-state index contributed by atoms with van der Waals surface area (Å²) in [5.74, 6) is 0. The molecular weight excluding hydrogens is 268 g/mol. The molecule has 3 rings (SSSR count). The van der Waals surface area contributed by atoms with Crippen LogP contribution in [-0.4, -0.2) is 19.3 Å². The van der Waals surface area contributed by atoms with Crippen molar-refractivity contribution in [2.45, 2.75) is 13.5 Å². The number of aromatic amines is 1. The molecule has 0 aliphatic rings. The Morgan fingerprint density at radius 3 is 2.67 bits per heavy atom. The first kappa shape index (κ1) is 13.1. The first-order chi connectivity index (χ1) is 10.1. The molecule has 0 atom stereocenters. The molecule has 2 aromatic heterocycles. The number of rotatable bonds is 3. The Kier molecular flexibility index (Phi) is 3.27. The molecule has 6 heteroatoms. The van der Waals surface area contributed by atoms with Gasteiger partial charge >= 0.3 is 5.69 Å². The van der Waals surface area contributed by atoms with Crippen LogP contribution in [0.5, 0.6) is 0 Å². The smallest absolute Gasteiger partial charge is 0.296 e. The number of hydrogen-bond acceptors (Lipinski definition) is 3. The molecule has 2 heterocycles. The quantitative estimate of drug-likeness (QED) is 0.781. The summed E-state index contributed by atoms with van der Waals surface area (Å²) < 4.78 is 3.21. The number of aromatic nitrogens is 4. The van der Waals surface area contributed by atoms with Gasteiger partial charge in [0.15, 0.2) is 0 Å². The maximum atomic E-state index is 11.8. The molecule has 0 fully saturated rings. The third kappa shape index (κ3) is 2.69. The minimum atomic E-state index is -0.418. The Morgan fingerprint density at radius 2 is 1.90 bits per heavy atom. The van der Waals surface area contributed by atoms with Gasteiger partial charge in [-0.1, -0.05) is 18.2 Å². The van der Waals surface area contributed by atoms with Gasteiger partial charge in [-0.3, -0.25) is 14.3 Å². The summed E-state index contributed by atoms with van der Waals surface area (Å²) in [5, 5.41) is 4.28. The summed E-state index contributed by atoms with van der Waals surface area (Å²) in [6.45, 7) is 2.03. The molecule has 0 aliphatic carbocycles. The van der Waals surface area contributed by atoms with Crippen LogP contribution in [0.2, 0.25) is 0 Å². The molecule has 21 heavy (non-hydrogen) atoms. The third-order valence-corrected chi connectivity index (χ3v) is 3.20. The van der Waals surface area contributed by atoms with Crippen LogP contribution in [0.15, 0.2) is 58.5 Å². The first-order valence-corrected chi connectivity index (χ1v) is 6.53. The topological polar surface area (TPSA) is 72.7 Å². The van der Waals surface area contributed by atoms with E-state index in [4.69, 9.17) is 0 Å². The number of hydrogen-bond donors (Lipinski definition) is 1. The van der Waals surface area contributed by atoms with Crippen LogP contribution in [0.4, 0.5) is 0 Å². The summed E-state index contributed by atoms with van der Waals surface area (Å²) >= 11 is 0. The molecule has 0 unspecified atom stereocenters. The van der Waals surface area contributed by atoms with E-state index < -0.39 is 5.69 Å². The number of nitrogens with zero attached hydrogens (tertiary/aromatic N) is 3. The fourth-order valence-corrected chi connectivity index (χ4v) is 2.10. The molecule has 0 bridgehead atoms. The molecule has 0 amide bonds. The van der Waals surface area contributed by atoms with Gasteiger partial charge in [-0.2, -0.15) is 5.10 Å². The second kappa shape index (κ2) is 5.24. The van der Waals surface area contributed by atoms with Crippen molar-refractivity contribution in [1.82, 2.24) is 19.3 Å². The monoisotopic (exact) mass is 282 g/mol. The van der Waals surface area contributed by atoms with Crippen LogP contribution in [-0.2, 0) is 6.54 Å². The highest BCUT2D eigenvalue weighted by atomic mass is 16.2. The van der Waals surface area contributed by atoms with Gasteiger partial charge in [-0.15, -0.1) is 0 Å². The van der Waals surface area contributed by atoms with Crippen molar-refractivity contribution < 1.29 is 0 Å². The average Bonchev–Trinajstić information content (AvgIpc) is 2.94. The van der Waals surface area contributed by atoms with Crippen molar-refractivity contribution in [3.8, 4) is 5.69 Å². The number of para-hydroxylation sites is 1. The van der Waals surface area contributed by atoms with Gasteiger partial charge in [-0.25, -0.2) is 9.48 Å². The van der Waals surface area contributed by atoms with E-state index >= 15 is 0 Å². The lowest BCUT2D eigenvalue weighted by atomic mass is 10.3. The number of benzene rings is 1. The minimum absolute atomic E-state index is 0.351. The molecule has 6 nitrogen and oxygen atoms in total. The van der Waals surface area contributed by atoms with Gasteiger partial charge < -0.3 is 0 Å². The maximum absolute atomic E-state index is 11.8. The Bertz CT molecular complexity index is 874. The van der Waals surface area contributed by atoms with Crippen LogP contribution in [0.3, 0.4) is 0 Å². The third-order valence-electron chi connectivity index (χ3n) is 3.20. The minimum Gasteiger partial charge on any atom is -0.296 e. The van der Waals surface area contributed by atoms with Crippen molar-refractivity contribution in [3.05, 3.63) is 80.9 Å². The van der Waals surface area contributed by atoms with Gasteiger partial charge in [0.1, 0.15) is 0 Å². The molecular formula is C15H14N4O2. The molecule has 106 valence electrons. The highest BCUT2D eigenvalue weighted by molar-refractivity contribution is 5.30. The molecule has 0 aliphatic heterocycles. The normalized spacial score (nSPS) is 10.7. The Hall–Kier alpha value is -2.89. The fourth-order valence-electron chi connectivity index (χ4n) is 2.10. The largest absolute Gasteiger partial charge is 0.328 e. The van der Waals surface area contributed by atoms with E-state index in [2.05, 4.69) is 10.1 Å². The van der Waals surface area contributed by atoms with Gasteiger partial charge in [0.05, 0.1) is 18.4 Å². The van der Waals surface area contributed by atoms with Crippen LogP contribution < -0.4 is 11.2 Å². The van der Waals surface area contributed by atoms with Crippen molar-refractivity contribution in [3.63, 3.8) is 0 Å². The number of aryl methyl sites for hydroxylation is 1. The second-order valence-electron chi connectivity index (χ2n) is 4.83. The molecule has 0 spiro atoms. The zero-order valence-corrected chi connectivity index (χ0v) is 11.5. The highest BCUT2D eigenvalue weighted by Gasteiger charge is 2.05. The Balaban J connectivity index is 1.90. The van der Waals surface area contributed by atoms with Crippen LogP contribution >= 0.6 is 0 Å². The summed E-state index contributed by atoms with van der Waals surface area (Å²) in [7, 11) is 0. The van der Waals surface area contributed by atoms with E-state index in [1.807, 2.05) is 36.5 Å². The lowest BCUT2D eigenvalue weighted by Crippen LogP contribution is -2.30. The standard InChI is InChI=1S/C15H14N4O2/c1-11-8-18(15(21)17-14(11)20)9-12-7-16-19(10-12)13-5-3-2-4-6-13/h2-8,10H,9H2,1H3,(H,17,20,21). The van der Waals surface area contributed by atoms with Crippen LogP contribution in [0.25, 0.3) is 5.69 Å². The Morgan fingerprint density at radius 1 is 1.14 bits per heavy atom. The van der Waals surface area contributed by atoms with Crippen LogP contribution in [0.1, 0.15) is 11.1 Å². The van der Waals surface area contributed by atoms with E-state index in [0.717, 1.165) is 11.3 Å². The lowest BCUT2D eigenvalue weighted by molar-refractivity contribution is 0.713. The Labute approximate surface area is 120 Å². The molecule has 0 saturated heterocycles. The summed E-state index contributed by atoms with van der Waals surface area (Å²) in [4.78, 5) is 25.4.